The lowest BCUT2D eigenvalue weighted by atomic mass is 10.00. The summed E-state index contributed by atoms with van der Waals surface area (Å²) in [5.41, 5.74) is 4.96. The van der Waals surface area contributed by atoms with E-state index in [-0.39, 0.29) is 34.9 Å². The van der Waals surface area contributed by atoms with Crippen LogP contribution in [-0.4, -0.2) is 67.9 Å². The number of rotatable bonds is 16. The van der Waals surface area contributed by atoms with Gasteiger partial charge in [0.05, 0.1) is 18.1 Å². The van der Waals surface area contributed by atoms with Crippen LogP contribution in [-0.2, 0) is 28.3 Å². The smallest absolute Gasteiger partial charge is 0.312 e. The first-order valence-corrected chi connectivity index (χ1v) is 20.1. The Labute approximate surface area is 289 Å². The fraction of sp³-hybridized carbons (Fsp3) is 0.622. The molecule has 0 saturated carbocycles. The van der Waals surface area contributed by atoms with Crippen LogP contribution >= 0.6 is 0 Å². The van der Waals surface area contributed by atoms with Gasteiger partial charge in [0.1, 0.15) is 12.1 Å². The third-order valence-electron chi connectivity index (χ3n) is 9.45. The van der Waals surface area contributed by atoms with E-state index in [0.29, 0.717) is 32.2 Å². The van der Waals surface area contributed by atoms with Crippen molar-refractivity contribution in [2.24, 2.45) is 11.8 Å². The second-order valence-corrected chi connectivity index (χ2v) is 19.6. The predicted molar refractivity (Wildman–Crippen MR) is 194 cm³/mol. The lowest BCUT2D eigenvalue weighted by Gasteiger charge is -2.40. The Bertz CT molecular complexity index is 1290. The minimum absolute atomic E-state index is 0.0461. The van der Waals surface area contributed by atoms with Crippen molar-refractivity contribution in [3.05, 3.63) is 54.6 Å². The van der Waals surface area contributed by atoms with Crippen molar-refractivity contribution in [3.63, 3.8) is 0 Å². The van der Waals surface area contributed by atoms with Crippen LogP contribution in [0.2, 0.25) is 18.1 Å². The summed E-state index contributed by atoms with van der Waals surface area (Å²) in [6.07, 6.45) is 4.54. The average Bonchev–Trinajstić information content (AvgIpc) is 3.03. The molecule has 1 unspecified atom stereocenters. The SMILES string of the molecule is C=CCC[C@@H](O[Si](C)(C)C(C)(C)C)[C@@H](C)C(=O)O[C@H](C(=O)N[C@@H](C)C(=O)N1CCC[C@@H](C(=O)NC(C)c2cccc(C=C)c2)N1)C(C)C. The number of hydrogen-bond donors (Lipinski definition) is 3. The normalized spacial score (nSPS) is 18.6. The van der Waals surface area contributed by atoms with E-state index in [1.54, 1.807) is 39.8 Å². The molecule has 0 aromatic heterocycles. The maximum absolute atomic E-state index is 13.4. The summed E-state index contributed by atoms with van der Waals surface area (Å²) in [5.74, 6) is -2.63. The highest BCUT2D eigenvalue weighted by Gasteiger charge is 2.42. The van der Waals surface area contributed by atoms with Gasteiger partial charge in [0, 0.05) is 6.54 Å². The Hall–Kier alpha value is -3.28. The van der Waals surface area contributed by atoms with Crippen LogP contribution in [0.15, 0.2) is 43.5 Å². The van der Waals surface area contributed by atoms with Gasteiger partial charge in [-0.05, 0) is 87.7 Å². The number of nitrogens with zero attached hydrogens (tertiary/aromatic N) is 1. The number of nitrogens with one attached hydrogen (secondary N) is 3. The molecule has 1 heterocycles. The summed E-state index contributed by atoms with van der Waals surface area (Å²) in [4.78, 5) is 53.4. The number of amides is 3. The highest BCUT2D eigenvalue weighted by atomic mass is 28.4. The van der Waals surface area contributed by atoms with Crippen molar-refractivity contribution in [2.45, 2.75) is 130 Å². The number of hydrogen-bond acceptors (Lipinski definition) is 7. The summed E-state index contributed by atoms with van der Waals surface area (Å²) in [5, 5.41) is 7.11. The number of carbonyl (C=O) groups excluding carboxylic acids is 4. The zero-order valence-corrected chi connectivity index (χ0v) is 31.9. The van der Waals surface area contributed by atoms with Crippen LogP contribution in [0.1, 0.15) is 98.2 Å². The molecule has 0 bridgehead atoms. The van der Waals surface area contributed by atoms with E-state index in [1.165, 1.54) is 5.01 Å². The average molecular weight is 685 g/mol. The number of ether oxygens (including phenoxy) is 1. The lowest BCUT2D eigenvalue weighted by molar-refractivity contribution is -0.165. The lowest BCUT2D eigenvalue weighted by Crippen LogP contribution is -2.61. The van der Waals surface area contributed by atoms with Crippen molar-refractivity contribution in [3.8, 4) is 0 Å². The highest BCUT2D eigenvalue weighted by Crippen LogP contribution is 2.39. The molecule has 48 heavy (non-hydrogen) atoms. The topological polar surface area (TPSA) is 126 Å². The fourth-order valence-corrected chi connectivity index (χ4v) is 6.64. The zero-order valence-electron chi connectivity index (χ0n) is 30.9. The summed E-state index contributed by atoms with van der Waals surface area (Å²) >= 11 is 0. The molecular formula is C37H60N4O6Si. The van der Waals surface area contributed by atoms with Gasteiger partial charge in [-0.1, -0.05) is 71.5 Å². The second-order valence-electron chi connectivity index (χ2n) is 14.8. The van der Waals surface area contributed by atoms with Crippen molar-refractivity contribution in [1.29, 1.82) is 0 Å². The minimum atomic E-state index is -2.20. The minimum Gasteiger partial charge on any atom is -0.452 e. The molecule has 0 spiro atoms. The van der Waals surface area contributed by atoms with Gasteiger partial charge in [-0.15, -0.1) is 6.58 Å². The molecule has 6 atom stereocenters. The van der Waals surface area contributed by atoms with Gasteiger partial charge >= 0.3 is 5.97 Å². The third kappa shape index (κ3) is 11.4. The van der Waals surface area contributed by atoms with Crippen molar-refractivity contribution in [1.82, 2.24) is 21.1 Å². The number of esters is 1. The monoisotopic (exact) mass is 684 g/mol. The van der Waals surface area contributed by atoms with Crippen LogP contribution in [0.5, 0.6) is 0 Å². The Balaban J connectivity index is 2.04. The maximum atomic E-state index is 13.4. The van der Waals surface area contributed by atoms with Crippen LogP contribution in [0.4, 0.5) is 0 Å². The summed E-state index contributed by atoms with van der Waals surface area (Å²) in [6.45, 7) is 27.6. The summed E-state index contributed by atoms with van der Waals surface area (Å²) in [6, 6.07) is 6.01. The largest absolute Gasteiger partial charge is 0.452 e. The van der Waals surface area contributed by atoms with Gasteiger partial charge in [-0.25, -0.2) is 5.43 Å². The number of benzene rings is 1. The molecule has 2 rings (SSSR count). The first-order valence-electron chi connectivity index (χ1n) is 17.2. The van der Waals surface area contributed by atoms with Crippen LogP contribution < -0.4 is 16.1 Å². The van der Waals surface area contributed by atoms with Crippen molar-refractivity contribution < 1.29 is 28.3 Å². The molecule has 268 valence electrons. The molecule has 11 heteroatoms. The van der Waals surface area contributed by atoms with E-state index in [9.17, 15) is 19.2 Å². The van der Waals surface area contributed by atoms with E-state index in [2.05, 4.69) is 63.1 Å². The van der Waals surface area contributed by atoms with Gasteiger partial charge in [-0.3, -0.25) is 24.2 Å². The van der Waals surface area contributed by atoms with E-state index in [0.717, 1.165) is 11.1 Å². The molecule has 1 fully saturated rings. The number of hydrazine groups is 1. The Morgan fingerprint density at radius 1 is 1.08 bits per heavy atom. The van der Waals surface area contributed by atoms with E-state index < -0.39 is 44.3 Å². The van der Waals surface area contributed by atoms with Crippen LogP contribution in [0.25, 0.3) is 6.08 Å². The van der Waals surface area contributed by atoms with Gasteiger partial charge in [-0.2, -0.15) is 0 Å². The standard InChI is InChI=1S/C37H60N4O6Si/c1-13-15-21-31(47-48(11,12)37(8,9)10)25(5)36(45)46-32(24(3)4)34(43)39-27(7)35(44)41-22-17-20-30(40-41)33(42)38-26(6)29-19-16-18-28(14-2)23-29/h13-14,16,18-19,23-27,30-32,40H,1-2,15,17,20-22H2,3-12H3,(H,38,42)(H,39,43)/t25-,26?,27+,30+,31-,32+/m1/s1. The Kier molecular flexibility index (Phi) is 15.3. The number of carbonyl (C=O) groups is 4. The van der Waals surface area contributed by atoms with Gasteiger partial charge in [0.2, 0.25) is 5.91 Å². The molecule has 3 N–H and O–H groups in total. The second kappa shape index (κ2) is 17.9. The van der Waals surface area contributed by atoms with Crippen LogP contribution in [0.3, 0.4) is 0 Å². The zero-order chi connectivity index (χ0) is 36.4. The number of allylic oxidation sites excluding steroid dienone is 1. The Morgan fingerprint density at radius 3 is 2.33 bits per heavy atom. The maximum Gasteiger partial charge on any atom is 0.312 e. The molecule has 1 saturated heterocycles. The molecule has 0 radical (unpaired) electrons. The summed E-state index contributed by atoms with van der Waals surface area (Å²) in [7, 11) is -2.20. The van der Waals surface area contributed by atoms with E-state index >= 15 is 0 Å². The molecule has 1 aliphatic heterocycles. The molecule has 3 amide bonds. The molecular weight excluding hydrogens is 625 g/mol. The first kappa shape index (κ1) is 40.9. The molecule has 10 nitrogen and oxygen atoms in total. The predicted octanol–water partition coefficient (Wildman–Crippen LogP) is 6.07. The highest BCUT2D eigenvalue weighted by molar-refractivity contribution is 6.74. The molecule has 1 aliphatic rings. The fourth-order valence-electron chi connectivity index (χ4n) is 5.20. The van der Waals surface area contributed by atoms with Crippen molar-refractivity contribution >= 4 is 38.1 Å². The Morgan fingerprint density at radius 2 is 1.75 bits per heavy atom. The van der Waals surface area contributed by atoms with Gasteiger partial charge < -0.3 is 19.8 Å². The van der Waals surface area contributed by atoms with Crippen molar-refractivity contribution in [2.75, 3.05) is 6.54 Å². The van der Waals surface area contributed by atoms with E-state index in [1.807, 2.05) is 31.2 Å². The molecule has 1 aromatic carbocycles. The first-order chi connectivity index (χ1) is 22.3. The molecule has 1 aromatic rings. The van der Waals surface area contributed by atoms with E-state index in [4.69, 9.17) is 9.16 Å². The quantitative estimate of drug-likeness (QED) is 0.110. The summed E-state index contributed by atoms with van der Waals surface area (Å²) < 4.78 is 12.5. The van der Waals surface area contributed by atoms with Crippen LogP contribution in [0, 0.1) is 11.8 Å². The molecule has 0 aliphatic carbocycles. The van der Waals surface area contributed by atoms with Gasteiger partial charge in [0.25, 0.3) is 11.8 Å². The van der Waals surface area contributed by atoms with Gasteiger partial charge in [0.15, 0.2) is 14.4 Å². The third-order valence-corrected chi connectivity index (χ3v) is 14.0.